The first kappa shape index (κ1) is 9.14. The molecule has 5 nitrogen and oxygen atoms in total. The molecule has 0 radical (unpaired) electrons. The summed E-state index contributed by atoms with van der Waals surface area (Å²) in [5.41, 5.74) is 0.935. The van der Waals surface area contributed by atoms with Crippen molar-refractivity contribution in [2.75, 3.05) is 0 Å². The predicted octanol–water partition coefficient (Wildman–Crippen LogP) is 2.06. The lowest BCUT2D eigenvalue weighted by atomic mass is 10.5. The quantitative estimate of drug-likeness (QED) is 0.892. The molecule has 1 N–H and O–H groups in total. The number of hydrogen-bond donors (Lipinski definition) is 1. The summed E-state index contributed by atoms with van der Waals surface area (Å²) in [6.07, 6.45) is 3.03. The van der Waals surface area contributed by atoms with Crippen molar-refractivity contribution in [1.29, 1.82) is 0 Å². The number of nitrogens with one attached hydrogen (secondary N) is 1. The second-order valence-corrected chi connectivity index (χ2v) is 3.52. The maximum Gasteiger partial charge on any atom is 0.240 e. The fourth-order valence-corrected chi connectivity index (χ4v) is 1.22. The summed E-state index contributed by atoms with van der Waals surface area (Å²) in [6, 6.07) is 1.79. The van der Waals surface area contributed by atoms with Crippen LogP contribution < -0.4 is 4.74 Å². The van der Waals surface area contributed by atoms with Gasteiger partial charge in [0.05, 0.1) is 4.47 Å². The fourth-order valence-electron chi connectivity index (χ4n) is 0.921. The molecule has 0 aliphatic rings. The molecule has 2 aromatic rings. The standard InChI is InChI=1S/C8H7BrN4O/c1-5-2-7(13-12-5)14-8-6(9)3-10-4-11-8/h2-4H,1H3,(H,12,13). The molecule has 0 fully saturated rings. The van der Waals surface area contributed by atoms with Crippen molar-refractivity contribution >= 4 is 15.9 Å². The van der Waals surface area contributed by atoms with E-state index >= 15 is 0 Å². The van der Waals surface area contributed by atoms with Crippen molar-refractivity contribution in [3.8, 4) is 11.8 Å². The topological polar surface area (TPSA) is 63.7 Å². The molecule has 0 aromatic carbocycles. The van der Waals surface area contributed by atoms with E-state index in [1.807, 2.05) is 6.92 Å². The number of rotatable bonds is 2. The molecule has 0 saturated carbocycles. The third kappa shape index (κ3) is 1.90. The van der Waals surface area contributed by atoms with E-state index in [1.165, 1.54) is 6.33 Å². The molecule has 2 rings (SSSR count). The minimum Gasteiger partial charge on any atom is -0.418 e. The molecule has 0 atom stereocenters. The van der Waals surface area contributed by atoms with Gasteiger partial charge >= 0.3 is 0 Å². The van der Waals surface area contributed by atoms with Crippen molar-refractivity contribution in [2.45, 2.75) is 6.92 Å². The van der Waals surface area contributed by atoms with Crippen LogP contribution in [0.2, 0.25) is 0 Å². The molecule has 2 aromatic heterocycles. The summed E-state index contributed by atoms with van der Waals surface area (Å²) >= 11 is 3.27. The molecule has 0 spiro atoms. The Morgan fingerprint density at radius 2 is 2.36 bits per heavy atom. The van der Waals surface area contributed by atoms with Gasteiger partial charge in [0.2, 0.25) is 11.8 Å². The van der Waals surface area contributed by atoms with Crippen LogP contribution in [0.3, 0.4) is 0 Å². The molecule has 0 bridgehead atoms. The summed E-state index contributed by atoms with van der Waals surface area (Å²) in [4.78, 5) is 7.77. The molecule has 72 valence electrons. The second kappa shape index (κ2) is 3.75. The molecule has 0 amide bonds. The van der Waals surface area contributed by atoms with Gasteiger partial charge in [0, 0.05) is 18.0 Å². The maximum atomic E-state index is 5.39. The number of halogens is 1. The zero-order valence-electron chi connectivity index (χ0n) is 7.36. The van der Waals surface area contributed by atoms with Crippen molar-refractivity contribution in [3.05, 3.63) is 28.8 Å². The van der Waals surface area contributed by atoms with Gasteiger partial charge in [-0.25, -0.2) is 9.97 Å². The lowest BCUT2D eigenvalue weighted by Crippen LogP contribution is -1.89. The average molecular weight is 255 g/mol. The zero-order chi connectivity index (χ0) is 9.97. The molecular weight excluding hydrogens is 248 g/mol. The monoisotopic (exact) mass is 254 g/mol. The summed E-state index contributed by atoms with van der Waals surface area (Å²) in [5, 5.41) is 6.70. The van der Waals surface area contributed by atoms with Crippen molar-refractivity contribution < 1.29 is 4.74 Å². The van der Waals surface area contributed by atoms with Gasteiger partial charge in [-0.2, -0.15) is 0 Å². The van der Waals surface area contributed by atoms with Crippen LogP contribution >= 0.6 is 15.9 Å². The summed E-state index contributed by atoms with van der Waals surface area (Å²) in [5.74, 6) is 0.938. The summed E-state index contributed by atoms with van der Waals surface area (Å²) in [7, 11) is 0. The number of aryl methyl sites for hydroxylation is 1. The number of aromatic nitrogens is 4. The fraction of sp³-hybridized carbons (Fsp3) is 0.125. The Hall–Kier alpha value is -1.43. The number of H-pyrrole nitrogens is 1. The van der Waals surface area contributed by atoms with Crippen LogP contribution in [0, 0.1) is 6.92 Å². The smallest absolute Gasteiger partial charge is 0.240 e. The van der Waals surface area contributed by atoms with Crippen LogP contribution in [0.4, 0.5) is 0 Å². The van der Waals surface area contributed by atoms with Gasteiger partial charge in [-0.15, -0.1) is 5.10 Å². The Bertz CT molecular complexity index is 442. The van der Waals surface area contributed by atoms with E-state index in [4.69, 9.17) is 4.74 Å². The lowest BCUT2D eigenvalue weighted by Gasteiger charge is -2.00. The van der Waals surface area contributed by atoms with Gasteiger partial charge in [0.15, 0.2) is 0 Å². The van der Waals surface area contributed by atoms with E-state index in [0.29, 0.717) is 16.2 Å². The van der Waals surface area contributed by atoms with Gasteiger partial charge in [-0.05, 0) is 22.9 Å². The highest BCUT2D eigenvalue weighted by Crippen LogP contribution is 2.24. The molecule has 0 saturated heterocycles. The predicted molar refractivity (Wildman–Crippen MR) is 53.1 cm³/mol. The van der Waals surface area contributed by atoms with Crippen LogP contribution in [-0.4, -0.2) is 20.2 Å². The Balaban J connectivity index is 2.23. The summed E-state index contributed by atoms with van der Waals surface area (Å²) < 4.78 is 6.08. The van der Waals surface area contributed by atoms with E-state index < -0.39 is 0 Å². The van der Waals surface area contributed by atoms with Crippen LogP contribution in [-0.2, 0) is 0 Å². The number of aromatic amines is 1. The summed E-state index contributed by atoms with van der Waals surface area (Å²) in [6.45, 7) is 1.90. The Kier molecular flexibility index (Phi) is 2.45. The van der Waals surface area contributed by atoms with E-state index in [0.717, 1.165) is 5.69 Å². The Labute approximate surface area is 88.7 Å². The van der Waals surface area contributed by atoms with E-state index in [1.54, 1.807) is 12.3 Å². The zero-order valence-corrected chi connectivity index (χ0v) is 8.95. The maximum absolute atomic E-state index is 5.39. The van der Waals surface area contributed by atoms with Crippen LogP contribution in [0.25, 0.3) is 0 Å². The minimum atomic E-state index is 0.450. The molecule has 2 heterocycles. The van der Waals surface area contributed by atoms with Crippen LogP contribution in [0.1, 0.15) is 5.69 Å². The van der Waals surface area contributed by atoms with Crippen molar-refractivity contribution in [2.24, 2.45) is 0 Å². The Morgan fingerprint density at radius 1 is 1.50 bits per heavy atom. The molecule has 0 aliphatic heterocycles. The minimum absolute atomic E-state index is 0.450. The first-order chi connectivity index (χ1) is 6.75. The third-order valence-corrected chi connectivity index (χ3v) is 2.06. The average Bonchev–Trinajstić information content (AvgIpc) is 2.56. The second-order valence-electron chi connectivity index (χ2n) is 2.67. The van der Waals surface area contributed by atoms with E-state index in [-0.39, 0.29) is 0 Å². The Morgan fingerprint density at radius 3 is 3.00 bits per heavy atom. The lowest BCUT2D eigenvalue weighted by molar-refractivity contribution is 0.439. The van der Waals surface area contributed by atoms with Crippen LogP contribution in [0.15, 0.2) is 23.1 Å². The normalized spacial score (nSPS) is 10.1. The van der Waals surface area contributed by atoms with Crippen molar-refractivity contribution in [1.82, 2.24) is 20.2 Å². The third-order valence-electron chi connectivity index (χ3n) is 1.52. The molecular formula is C8H7BrN4O. The van der Waals surface area contributed by atoms with Gasteiger partial charge in [-0.1, -0.05) is 0 Å². The van der Waals surface area contributed by atoms with Crippen LogP contribution in [0.5, 0.6) is 11.8 Å². The van der Waals surface area contributed by atoms with Gasteiger partial charge in [0.25, 0.3) is 0 Å². The number of nitrogens with zero attached hydrogens (tertiary/aromatic N) is 3. The van der Waals surface area contributed by atoms with Crippen molar-refractivity contribution in [3.63, 3.8) is 0 Å². The molecule has 0 unspecified atom stereocenters. The molecule has 6 heteroatoms. The molecule has 0 aliphatic carbocycles. The first-order valence-electron chi connectivity index (χ1n) is 3.91. The largest absolute Gasteiger partial charge is 0.418 e. The van der Waals surface area contributed by atoms with Gasteiger partial charge in [-0.3, -0.25) is 5.10 Å². The SMILES string of the molecule is Cc1cc(Oc2ncncc2Br)n[nH]1. The van der Waals surface area contributed by atoms with Gasteiger partial charge < -0.3 is 4.74 Å². The highest BCUT2D eigenvalue weighted by Gasteiger charge is 2.05. The van der Waals surface area contributed by atoms with E-state index in [2.05, 4.69) is 36.1 Å². The number of hydrogen-bond acceptors (Lipinski definition) is 4. The first-order valence-corrected chi connectivity index (χ1v) is 4.70. The number of ether oxygens (including phenoxy) is 1. The van der Waals surface area contributed by atoms with E-state index in [9.17, 15) is 0 Å². The molecule has 14 heavy (non-hydrogen) atoms. The highest BCUT2D eigenvalue weighted by atomic mass is 79.9. The highest BCUT2D eigenvalue weighted by molar-refractivity contribution is 9.10. The van der Waals surface area contributed by atoms with Gasteiger partial charge in [0.1, 0.15) is 6.33 Å².